The second-order valence-corrected chi connectivity index (χ2v) is 8.42. The van der Waals surface area contributed by atoms with Crippen molar-refractivity contribution in [3.8, 4) is 17.0 Å². The molecule has 2 aromatic heterocycles. The molecular formula is C25H25FN4O3S. The number of ether oxygens (including phenoxy) is 1. The van der Waals surface area contributed by atoms with Gasteiger partial charge in [0.1, 0.15) is 23.7 Å². The van der Waals surface area contributed by atoms with Gasteiger partial charge in [-0.1, -0.05) is 12.1 Å². The molecule has 176 valence electrons. The molecular weight excluding hydrogens is 455 g/mol. The molecule has 4 aromatic rings. The van der Waals surface area contributed by atoms with Gasteiger partial charge in [-0.25, -0.2) is 14.4 Å². The zero-order valence-electron chi connectivity index (χ0n) is 18.7. The van der Waals surface area contributed by atoms with Crippen LogP contribution < -0.4 is 15.4 Å². The third-order valence-electron chi connectivity index (χ3n) is 5.17. The molecule has 1 amide bonds. The summed E-state index contributed by atoms with van der Waals surface area (Å²) in [5.74, 6) is 0.579. The van der Waals surface area contributed by atoms with E-state index in [-0.39, 0.29) is 24.9 Å². The Hall–Kier alpha value is -3.56. The number of nitrogens with zero attached hydrogens (tertiary/aromatic N) is 2. The highest BCUT2D eigenvalue weighted by Crippen LogP contribution is 2.28. The molecule has 0 spiro atoms. The fourth-order valence-electron chi connectivity index (χ4n) is 3.60. The minimum Gasteiger partial charge on any atom is -0.493 e. The van der Waals surface area contributed by atoms with Crippen molar-refractivity contribution in [3.05, 3.63) is 71.1 Å². The number of aliphatic hydroxyl groups excluding tert-OH is 1. The van der Waals surface area contributed by atoms with E-state index in [1.165, 1.54) is 17.7 Å². The molecule has 0 atom stereocenters. The molecule has 4 rings (SSSR count). The van der Waals surface area contributed by atoms with Crippen molar-refractivity contribution in [2.24, 2.45) is 0 Å². The van der Waals surface area contributed by atoms with Gasteiger partial charge in [0.05, 0.1) is 29.2 Å². The van der Waals surface area contributed by atoms with E-state index in [9.17, 15) is 9.18 Å². The summed E-state index contributed by atoms with van der Waals surface area (Å²) in [7, 11) is 0. The number of aliphatic hydroxyl groups is 1. The zero-order chi connectivity index (χ0) is 23.9. The average molecular weight is 481 g/mol. The topological polar surface area (TPSA) is 96.4 Å². The molecule has 0 fully saturated rings. The number of amides is 1. The molecule has 34 heavy (non-hydrogen) atoms. The summed E-state index contributed by atoms with van der Waals surface area (Å²) in [6, 6.07) is 12.6. The summed E-state index contributed by atoms with van der Waals surface area (Å²) in [5, 5.41) is 17.7. The van der Waals surface area contributed by atoms with E-state index in [4.69, 9.17) is 9.84 Å². The Morgan fingerprint density at radius 3 is 2.85 bits per heavy atom. The van der Waals surface area contributed by atoms with Gasteiger partial charge in [0, 0.05) is 24.7 Å². The second kappa shape index (κ2) is 11.0. The van der Waals surface area contributed by atoms with Crippen LogP contribution in [0, 0.1) is 5.82 Å². The van der Waals surface area contributed by atoms with Gasteiger partial charge in [0.15, 0.2) is 0 Å². The summed E-state index contributed by atoms with van der Waals surface area (Å²) in [4.78, 5) is 21.0. The SMILES string of the molecule is CCOc1cc(-c2cc(NCCc3cc(F)c4sccc4c3)ncn2)ccc1C(=O)NCCO. The van der Waals surface area contributed by atoms with Gasteiger partial charge < -0.3 is 20.5 Å². The lowest BCUT2D eigenvalue weighted by molar-refractivity contribution is 0.0941. The van der Waals surface area contributed by atoms with Crippen molar-refractivity contribution in [2.75, 3.05) is 31.6 Å². The Morgan fingerprint density at radius 1 is 1.15 bits per heavy atom. The van der Waals surface area contributed by atoms with Crippen LogP contribution in [0.1, 0.15) is 22.8 Å². The van der Waals surface area contributed by atoms with Crippen LogP contribution >= 0.6 is 11.3 Å². The second-order valence-electron chi connectivity index (χ2n) is 7.51. The Balaban J connectivity index is 1.46. The highest BCUT2D eigenvalue weighted by Gasteiger charge is 2.14. The summed E-state index contributed by atoms with van der Waals surface area (Å²) in [5.41, 5.74) is 2.76. The van der Waals surface area contributed by atoms with Gasteiger partial charge in [-0.05, 0) is 53.9 Å². The molecule has 0 unspecified atom stereocenters. The number of thiophene rings is 1. The fourth-order valence-corrected chi connectivity index (χ4v) is 4.38. The van der Waals surface area contributed by atoms with Crippen LogP contribution in [0.15, 0.2) is 54.2 Å². The lowest BCUT2D eigenvalue weighted by atomic mass is 10.1. The number of benzene rings is 2. The number of nitrogens with one attached hydrogen (secondary N) is 2. The quantitative estimate of drug-likeness (QED) is 0.314. The number of hydrogen-bond acceptors (Lipinski definition) is 7. The molecule has 3 N–H and O–H groups in total. The number of carbonyl (C=O) groups excluding carboxylic acids is 1. The number of hydrogen-bond donors (Lipinski definition) is 3. The van der Waals surface area contributed by atoms with Gasteiger partial charge in [-0.15, -0.1) is 11.3 Å². The summed E-state index contributed by atoms with van der Waals surface area (Å²) < 4.78 is 20.6. The van der Waals surface area contributed by atoms with E-state index in [0.29, 0.717) is 47.1 Å². The Morgan fingerprint density at radius 2 is 2.03 bits per heavy atom. The maximum Gasteiger partial charge on any atom is 0.255 e. The van der Waals surface area contributed by atoms with E-state index in [1.807, 2.05) is 30.5 Å². The first-order valence-corrected chi connectivity index (χ1v) is 11.8. The van der Waals surface area contributed by atoms with Crippen LogP contribution in [0.5, 0.6) is 5.75 Å². The Labute approximate surface area is 200 Å². The van der Waals surface area contributed by atoms with Gasteiger partial charge >= 0.3 is 0 Å². The first-order valence-electron chi connectivity index (χ1n) is 11.0. The highest BCUT2D eigenvalue weighted by atomic mass is 32.1. The van der Waals surface area contributed by atoms with Gasteiger partial charge in [0.25, 0.3) is 5.91 Å². The summed E-state index contributed by atoms with van der Waals surface area (Å²) in [6.45, 7) is 2.86. The van der Waals surface area contributed by atoms with E-state index < -0.39 is 0 Å². The van der Waals surface area contributed by atoms with Crippen molar-refractivity contribution in [1.82, 2.24) is 15.3 Å². The number of fused-ring (bicyclic) bond motifs is 1. The van der Waals surface area contributed by atoms with Crippen LogP contribution in [0.25, 0.3) is 21.3 Å². The summed E-state index contributed by atoms with van der Waals surface area (Å²) in [6.07, 6.45) is 2.12. The predicted molar refractivity (Wildman–Crippen MR) is 132 cm³/mol. The first kappa shape index (κ1) is 23.6. The molecule has 0 saturated carbocycles. The lowest BCUT2D eigenvalue weighted by Gasteiger charge is -2.13. The molecule has 0 aliphatic rings. The molecule has 0 aliphatic carbocycles. The van der Waals surface area contributed by atoms with Crippen molar-refractivity contribution in [2.45, 2.75) is 13.3 Å². The smallest absolute Gasteiger partial charge is 0.255 e. The van der Waals surface area contributed by atoms with E-state index in [0.717, 1.165) is 16.5 Å². The van der Waals surface area contributed by atoms with Crippen LogP contribution in [0.3, 0.4) is 0 Å². The number of rotatable bonds is 10. The van der Waals surface area contributed by atoms with E-state index >= 15 is 0 Å². The molecule has 9 heteroatoms. The average Bonchev–Trinajstić information content (AvgIpc) is 3.32. The largest absolute Gasteiger partial charge is 0.493 e. The molecule has 0 bridgehead atoms. The minimum atomic E-state index is -0.314. The fraction of sp³-hybridized carbons (Fsp3) is 0.240. The van der Waals surface area contributed by atoms with Crippen molar-refractivity contribution in [3.63, 3.8) is 0 Å². The number of halogens is 1. The van der Waals surface area contributed by atoms with Crippen molar-refractivity contribution in [1.29, 1.82) is 0 Å². The van der Waals surface area contributed by atoms with Crippen LogP contribution in [-0.4, -0.2) is 47.3 Å². The standard InChI is InChI=1S/C25H25FN4O3S/c1-2-33-22-13-17(3-4-19(22)25(32)28-8-9-31)21-14-23(30-15-29-21)27-7-5-16-11-18-6-10-34-24(18)20(26)12-16/h3-4,6,10-15,31H,2,5,7-9H2,1H3,(H,28,32)(H,27,29,30). The minimum absolute atomic E-state index is 0.137. The molecule has 0 aliphatic heterocycles. The van der Waals surface area contributed by atoms with E-state index in [2.05, 4.69) is 20.6 Å². The van der Waals surface area contributed by atoms with Crippen LogP contribution in [0.2, 0.25) is 0 Å². The Kier molecular flexibility index (Phi) is 7.66. The zero-order valence-corrected chi connectivity index (χ0v) is 19.5. The third-order valence-corrected chi connectivity index (χ3v) is 6.11. The van der Waals surface area contributed by atoms with Gasteiger partial charge in [0.2, 0.25) is 0 Å². The monoisotopic (exact) mass is 480 g/mol. The van der Waals surface area contributed by atoms with Crippen molar-refractivity contribution < 1.29 is 19.0 Å². The van der Waals surface area contributed by atoms with Gasteiger partial charge in [-0.2, -0.15) is 0 Å². The normalized spacial score (nSPS) is 10.9. The predicted octanol–water partition coefficient (Wildman–Crippen LogP) is 4.27. The highest BCUT2D eigenvalue weighted by molar-refractivity contribution is 7.17. The number of aromatic nitrogens is 2. The molecule has 0 radical (unpaired) electrons. The lowest BCUT2D eigenvalue weighted by Crippen LogP contribution is -2.26. The molecule has 2 aromatic carbocycles. The van der Waals surface area contributed by atoms with Crippen molar-refractivity contribution >= 4 is 33.1 Å². The summed E-state index contributed by atoms with van der Waals surface area (Å²) >= 11 is 1.40. The van der Waals surface area contributed by atoms with E-state index in [1.54, 1.807) is 24.3 Å². The van der Waals surface area contributed by atoms with Gasteiger partial charge in [-0.3, -0.25) is 4.79 Å². The molecule has 0 saturated heterocycles. The first-order chi connectivity index (χ1) is 16.6. The molecule has 7 nitrogen and oxygen atoms in total. The number of carbonyl (C=O) groups is 1. The molecule has 2 heterocycles. The third kappa shape index (κ3) is 5.49. The maximum absolute atomic E-state index is 14.2. The maximum atomic E-state index is 14.2. The Bertz CT molecular complexity index is 1290. The van der Waals surface area contributed by atoms with Crippen LogP contribution in [0.4, 0.5) is 10.2 Å². The van der Waals surface area contributed by atoms with Crippen LogP contribution in [-0.2, 0) is 6.42 Å². The number of anilines is 1.